The normalized spacial score (nSPS) is 25.2. The lowest BCUT2D eigenvalue weighted by Crippen LogP contribution is -2.48. The number of anilines is 1. The molecule has 0 spiro atoms. The predicted octanol–water partition coefficient (Wildman–Crippen LogP) is 3.66. The van der Waals surface area contributed by atoms with E-state index in [2.05, 4.69) is 24.1 Å². The van der Waals surface area contributed by atoms with Crippen molar-refractivity contribution in [3.63, 3.8) is 0 Å². The average molecular weight is 490 g/mol. The van der Waals surface area contributed by atoms with Crippen LogP contribution in [0.1, 0.15) is 56.8 Å². The molecular weight excluding hydrogens is 446 g/mol. The number of fused-ring (bicyclic) bond motifs is 1. The molecule has 2 heterocycles. The second-order valence-corrected chi connectivity index (χ2v) is 10.1. The van der Waals surface area contributed by atoms with E-state index in [1.54, 1.807) is 37.3 Å². The van der Waals surface area contributed by atoms with E-state index < -0.39 is 0 Å². The Labute approximate surface area is 210 Å². The molecule has 3 atom stereocenters. The van der Waals surface area contributed by atoms with Crippen molar-refractivity contribution in [3.8, 4) is 5.75 Å². The third kappa shape index (κ3) is 7.66. The fourth-order valence-corrected chi connectivity index (χ4v) is 4.89. The summed E-state index contributed by atoms with van der Waals surface area (Å²) in [4.78, 5) is 29.8. The van der Waals surface area contributed by atoms with Crippen LogP contribution in [-0.4, -0.2) is 87.4 Å². The number of carbonyl (C=O) groups is 2. The number of likely N-dealkylation sites (N-methyl/N-ethyl adjacent to an activating group) is 1. The van der Waals surface area contributed by atoms with Gasteiger partial charge in [0.25, 0.3) is 5.91 Å². The summed E-state index contributed by atoms with van der Waals surface area (Å²) in [6.45, 7) is 10.8. The smallest absolute Gasteiger partial charge is 0.257 e. The third-order valence-corrected chi connectivity index (χ3v) is 7.17. The van der Waals surface area contributed by atoms with Crippen molar-refractivity contribution in [2.24, 2.45) is 11.8 Å². The molecule has 0 aromatic heterocycles. The Kier molecular flexibility index (Phi) is 10.4. The Morgan fingerprint density at radius 3 is 2.63 bits per heavy atom. The van der Waals surface area contributed by atoms with Gasteiger partial charge in [0.05, 0.1) is 11.7 Å². The van der Waals surface area contributed by atoms with E-state index >= 15 is 0 Å². The highest BCUT2D eigenvalue weighted by molar-refractivity contribution is 5.99. The summed E-state index contributed by atoms with van der Waals surface area (Å²) >= 11 is 0. The lowest BCUT2D eigenvalue weighted by atomic mass is 9.96. The Balaban J connectivity index is 1.87. The summed E-state index contributed by atoms with van der Waals surface area (Å²) < 4.78 is 17.7. The lowest BCUT2D eigenvalue weighted by Gasteiger charge is -2.38. The van der Waals surface area contributed by atoms with Crippen LogP contribution in [0.5, 0.6) is 5.75 Å². The van der Waals surface area contributed by atoms with Gasteiger partial charge in [0, 0.05) is 65.2 Å². The van der Waals surface area contributed by atoms with Crippen LogP contribution in [-0.2, 0) is 14.3 Å². The van der Waals surface area contributed by atoms with Gasteiger partial charge < -0.3 is 24.4 Å². The van der Waals surface area contributed by atoms with Gasteiger partial charge in [0.15, 0.2) is 0 Å². The first-order chi connectivity index (χ1) is 16.8. The van der Waals surface area contributed by atoms with Crippen LogP contribution < -0.4 is 10.1 Å². The van der Waals surface area contributed by atoms with E-state index in [-0.39, 0.29) is 29.9 Å². The van der Waals surface area contributed by atoms with Gasteiger partial charge in [-0.15, -0.1) is 0 Å². The lowest BCUT2D eigenvalue weighted by molar-refractivity contribution is -0.116. The van der Waals surface area contributed by atoms with Gasteiger partial charge in [-0.05, 0) is 56.2 Å². The molecule has 3 rings (SSSR count). The fourth-order valence-electron chi connectivity index (χ4n) is 4.89. The van der Waals surface area contributed by atoms with Gasteiger partial charge in [0.1, 0.15) is 12.4 Å². The molecule has 35 heavy (non-hydrogen) atoms. The standard InChI is InChI=1S/C27H43N3O5/c1-6-7-26(31)28-22-8-9-24-23(14-22)27(32)29(4)17-25(33-5)19(2)15-30(20(3)18-35-24)16-21-10-12-34-13-11-21/h8-9,14,19-21,25H,6-7,10-13,15-18H2,1-5H3,(H,28,31)/t19-,20+,25+/m1/s1. The number of benzene rings is 1. The highest BCUT2D eigenvalue weighted by atomic mass is 16.5. The van der Waals surface area contributed by atoms with Crippen LogP contribution in [0.15, 0.2) is 18.2 Å². The maximum absolute atomic E-state index is 13.4. The van der Waals surface area contributed by atoms with Crippen LogP contribution in [0.25, 0.3) is 0 Å². The molecule has 1 fully saturated rings. The molecule has 2 amide bonds. The van der Waals surface area contributed by atoms with Crippen LogP contribution in [0.2, 0.25) is 0 Å². The Morgan fingerprint density at radius 2 is 1.94 bits per heavy atom. The summed E-state index contributed by atoms with van der Waals surface area (Å²) in [5.74, 6) is 1.17. The van der Waals surface area contributed by atoms with Gasteiger partial charge in [0.2, 0.25) is 5.91 Å². The number of rotatable bonds is 6. The van der Waals surface area contributed by atoms with E-state index in [0.29, 0.717) is 42.5 Å². The van der Waals surface area contributed by atoms with E-state index in [4.69, 9.17) is 14.2 Å². The van der Waals surface area contributed by atoms with Crippen molar-refractivity contribution in [2.45, 2.75) is 58.6 Å². The number of methoxy groups -OCH3 is 1. The number of nitrogens with zero attached hydrogens (tertiary/aromatic N) is 2. The van der Waals surface area contributed by atoms with Crippen molar-refractivity contribution in [2.75, 3.05) is 58.9 Å². The van der Waals surface area contributed by atoms with Gasteiger partial charge in [-0.1, -0.05) is 13.8 Å². The van der Waals surface area contributed by atoms with Crippen LogP contribution in [0.3, 0.4) is 0 Å². The molecule has 0 saturated carbocycles. The van der Waals surface area contributed by atoms with E-state index in [9.17, 15) is 9.59 Å². The van der Waals surface area contributed by atoms with Gasteiger partial charge in [-0.2, -0.15) is 0 Å². The summed E-state index contributed by atoms with van der Waals surface area (Å²) in [5, 5.41) is 2.89. The summed E-state index contributed by atoms with van der Waals surface area (Å²) in [7, 11) is 3.51. The zero-order chi connectivity index (χ0) is 25.4. The van der Waals surface area contributed by atoms with Crippen LogP contribution in [0, 0.1) is 11.8 Å². The van der Waals surface area contributed by atoms with Crippen molar-refractivity contribution in [1.82, 2.24) is 9.80 Å². The topological polar surface area (TPSA) is 80.3 Å². The first-order valence-electron chi connectivity index (χ1n) is 13.0. The molecule has 0 unspecified atom stereocenters. The molecule has 0 radical (unpaired) electrons. The number of hydrogen-bond donors (Lipinski definition) is 1. The average Bonchev–Trinajstić information content (AvgIpc) is 2.85. The quantitative estimate of drug-likeness (QED) is 0.657. The maximum Gasteiger partial charge on any atom is 0.257 e. The molecule has 8 heteroatoms. The van der Waals surface area contributed by atoms with Crippen molar-refractivity contribution >= 4 is 17.5 Å². The molecular formula is C27H43N3O5. The van der Waals surface area contributed by atoms with E-state index in [1.807, 2.05) is 6.92 Å². The number of nitrogens with one attached hydrogen (secondary N) is 1. The highest BCUT2D eigenvalue weighted by Crippen LogP contribution is 2.27. The van der Waals surface area contributed by atoms with Crippen LogP contribution in [0.4, 0.5) is 5.69 Å². The molecule has 1 aromatic rings. The third-order valence-electron chi connectivity index (χ3n) is 7.17. The molecule has 1 aromatic carbocycles. The zero-order valence-corrected chi connectivity index (χ0v) is 22.0. The predicted molar refractivity (Wildman–Crippen MR) is 137 cm³/mol. The van der Waals surface area contributed by atoms with Crippen molar-refractivity contribution < 1.29 is 23.8 Å². The minimum absolute atomic E-state index is 0.0621. The van der Waals surface area contributed by atoms with Crippen LogP contribution >= 0.6 is 0 Å². The zero-order valence-electron chi connectivity index (χ0n) is 22.0. The largest absolute Gasteiger partial charge is 0.491 e. The first kappa shape index (κ1) is 27.4. The molecule has 1 saturated heterocycles. The summed E-state index contributed by atoms with van der Waals surface area (Å²) in [5.41, 5.74) is 1.05. The molecule has 8 nitrogen and oxygen atoms in total. The Morgan fingerprint density at radius 1 is 1.20 bits per heavy atom. The Bertz CT molecular complexity index is 842. The number of amides is 2. The first-order valence-corrected chi connectivity index (χ1v) is 13.0. The summed E-state index contributed by atoms with van der Waals surface area (Å²) in [6.07, 6.45) is 3.28. The Hall–Kier alpha value is -2.16. The fraction of sp³-hybridized carbons (Fsp3) is 0.704. The van der Waals surface area contributed by atoms with E-state index in [0.717, 1.165) is 45.6 Å². The van der Waals surface area contributed by atoms with Gasteiger partial charge >= 0.3 is 0 Å². The van der Waals surface area contributed by atoms with Gasteiger partial charge in [-0.3, -0.25) is 14.5 Å². The monoisotopic (exact) mass is 489 g/mol. The summed E-state index contributed by atoms with van der Waals surface area (Å²) in [6, 6.07) is 5.49. The van der Waals surface area contributed by atoms with Gasteiger partial charge in [-0.25, -0.2) is 0 Å². The number of carbonyl (C=O) groups excluding carboxylic acids is 2. The SMILES string of the molecule is CCCC(=O)Nc1ccc2c(c1)C(=O)N(C)C[C@H](OC)[C@H](C)CN(CC1CCOCC1)[C@@H](C)CO2. The minimum Gasteiger partial charge on any atom is -0.491 e. The van der Waals surface area contributed by atoms with Crippen molar-refractivity contribution in [1.29, 1.82) is 0 Å². The minimum atomic E-state index is -0.145. The molecule has 0 aliphatic carbocycles. The molecule has 196 valence electrons. The number of ether oxygens (including phenoxy) is 3. The highest BCUT2D eigenvalue weighted by Gasteiger charge is 2.30. The second kappa shape index (κ2) is 13.2. The molecule has 1 N–H and O–H groups in total. The second-order valence-electron chi connectivity index (χ2n) is 10.1. The number of hydrogen-bond acceptors (Lipinski definition) is 6. The van der Waals surface area contributed by atoms with E-state index in [1.165, 1.54) is 0 Å². The maximum atomic E-state index is 13.4. The molecule has 2 aliphatic heterocycles. The molecule has 0 bridgehead atoms. The molecule has 2 aliphatic rings. The van der Waals surface area contributed by atoms with Crippen molar-refractivity contribution in [3.05, 3.63) is 23.8 Å².